The first-order valence-corrected chi connectivity index (χ1v) is 8.29. The Hall–Kier alpha value is -1.88. The van der Waals surface area contributed by atoms with Crippen molar-refractivity contribution in [3.05, 3.63) is 54.6 Å². The highest BCUT2D eigenvalue weighted by molar-refractivity contribution is 7.80. The molecule has 22 heavy (non-hydrogen) atoms. The fourth-order valence-corrected chi connectivity index (χ4v) is 3.04. The van der Waals surface area contributed by atoms with Crippen LogP contribution in [0.25, 0.3) is 0 Å². The second-order valence-corrected chi connectivity index (χ2v) is 5.91. The zero-order valence-corrected chi connectivity index (χ0v) is 13.4. The molecule has 5 nitrogen and oxygen atoms in total. The highest BCUT2D eigenvalue weighted by Crippen LogP contribution is 2.52. The third kappa shape index (κ3) is 4.07. The van der Waals surface area contributed by atoms with Crippen molar-refractivity contribution in [2.45, 2.75) is 0 Å². The summed E-state index contributed by atoms with van der Waals surface area (Å²) in [6, 6.07) is 17.3. The average molecular weight is 334 g/mol. The first-order chi connectivity index (χ1) is 10.8. The molecule has 0 amide bonds. The fraction of sp³-hybridized carbons (Fsp3) is 0.133. The SMILES string of the molecule is S=C(NCCOP1Oc2ccccc2O1)Nc1ccccc1. The minimum Gasteiger partial charge on any atom is -0.414 e. The molecule has 2 aromatic carbocycles. The molecule has 2 N–H and O–H groups in total. The van der Waals surface area contributed by atoms with Gasteiger partial charge in [-0.1, -0.05) is 30.3 Å². The van der Waals surface area contributed by atoms with Crippen molar-refractivity contribution in [3.8, 4) is 11.5 Å². The van der Waals surface area contributed by atoms with Crippen LogP contribution in [0.2, 0.25) is 0 Å². The van der Waals surface area contributed by atoms with Crippen LogP contribution >= 0.6 is 20.8 Å². The summed E-state index contributed by atoms with van der Waals surface area (Å²) in [5, 5.41) is 6.72. The summed E-state index contributed by atoms with van der Waals surface area (Å²) in [6.07, 6.45) is 0. The highest BCUT2D eigenvalue weighted by atomic mass is 32.1. The lowest BCUT2D eigenvalue weighted by atomic mass is 10.3. The van der Waals surface area contributed by atoms with Gasteiger partial charge in [0.1, 0.15) is 0 Å². The molecule has 0 saturated carbocycles. The summed E-state index contributed by atoms with van der Waals surface area (Å²) in [4.78, 5) is 0. The van der Waals surface area contributed by atoms with Gasteiger partial charge in [-0.15, -0.1) is 0 Å². The smallest absolute Gasteiger partial charge is 0.414 e. The quantitative estimate of drug-likeness (QED) is 0.494. The molecule has 0 aliphatic carbocycles. The molecule has 0 aromatic heterocycles. The van der Waals surface area contributed by atoms with E-state index in [1.807, 2.05) is 54.6 Å². The van der Waals surface area contributed by atoms with Gasteiger partial charge < -0.3 is 19.7 Å². The van der Waals surface area contributed by atoms with Gasteiger partial charge in [-0.3, -0.25) is 4.52 Å². The van der Waals surface area contributed by atoms with Crippen LogP contribution in [0.4, 0.5) is 5.69 Å². The number of benzene rings is 2. The molecule has 0 fully saturated rings. The minimum absolute atomic E-state index is 0.441. The van der Waals surface area contributed by atoms with E-state index >= 15 is 0 Å². The molecule has 0 atom stereocenters. The number of anilines is 1. The molecule has 0 radical (unpaired) electrons. The monoisotopic (exact) mass is 334 g/mol. The Morgan fingerprint density at radius 3 is 2.32 bits per heavy atom. The summed E-state index contributed by atoms with van der Waals surface area (Å²) >= 11 is 5.21. The summed E-state index contributed by atoms with van der Waals surface area (Å²) in [5.74, 6) is 1.45. The van der Waals surface area contributed by atoms with Gasteiger partial charge in [0.05, 0.1) is 6.61 Å². The number of hydrogen-bond donors (Lipinski definition) is 2. The first-order valence-electron chi connectivity index (χ1n) is 6.79. The Kier molecular flexibility index (Phi) is 5.06. The molecular formula is C15H15N2O3PS. The fourth-order valence-electron chi connectivity index (χ4n) is 1.81. The lowest BCUT2D eigenvalue weighted by molar-refractivity contribution is 0.288. The minimum atomic E-state index is -1.35. The Morgan fingerprint density at radius 1 is 1.00 bits per heavy atom. The van der Waals surface area contributed by atoms with E-state index in [-0.39, 0.29) is 0 Å². The third-order valence-corrected chi connectivity index (χ3v) is 4.14. The maximum atomic E-state index is 5.56. The van der Waals surface area contributed by atoms with Gasteiger partial charge >= 0.3 is 8.60 Å². The van der Waals surface area contributed by atoms with E-state index in [1.165, 1.54) is 0 Å². The van der Waals surface area contributed by atoms with E-state index in [4.69, 9.17) is 25.8 Å². The van der Waals surface area contributed by atoms with E-state index in [2.05, 4.69) is 10.6 Å². The van der Waals surface area contributed by atoms with Crippen LogP contribution in [0.5, 0.6) is 11.5 Å². The first kappa shape index (κ1) is 15.0. The maximum absolute atomic E-state index is 5.56. The summed E-state index contributed by atoms with van der Waals surface area (Å²) < 4.78 is 16.7. The van der Waals surface area contributed by atoms with Crippen LogP contribution in [0.15, 0.2) is 54.6 Å². The summed E-state index contributed by atoms with van der Waals surface area (Å²) in [6.45, 7) is 1.01. The van der Waals surface area contributed by atoms with Gasteiger partial charge in [-0.25, -0.2) is 0 Å². The zero-order chi connectivity index (χ0) is 15.2. The van der Waals surface area contributed by atoms with Crippen LogP contribution in [-0.4, -0.2) is 18.3 Å². The predicted octanol–water partition coefficient (Wildman–Crippen LogP) is 3.69. The van der Waals surface area contributed by atoms with Crippen molar-refractivity contribution in [1.29, 1.82) is 0 Å². The van der Waals surface area contributed by atoms with Crippen molar-refractivity contribution in [3.63, 3.8) is 0 Å². The van der Waals surface area contributed by atoms with Crippen LogP contribution in [-0.2, 0) is 4.52 Å². The largest absolute Gasteiger partial charge is 0.463 e. The van der Waals surface area contributed by atoms with Gasteiger partial charge in [0.15, 0.2) is 16.6 Å². The van der Waals surface area contributed by atoms with Crippen LogP contribution < -0.4 is 19.7 Å². The molecule has 2 aromatic rings. The third-order valence-electron chi connectivity index (χ3n) is 2.81. The molecule has 7 heteroatoms. The number of hydrogen-bond acceptors (Lipinski definition) is 4. The van der Waals surface area contributed by atoms with Gasteiger partial charge in [-0.05, 0) is 36.5 Å². The van der Waals surface area contributed by atoms with Gasteiger partial charge in [-0.2, -0.15) is 0 Å². The number of nitrogens with one attached hydrogen (secondary N) is 2. The molecule has 3 rings (SSSR count). The molecule has 1 aliphatic heterocycles. The number of thiocarbonyl (C=S) groups is 1. The lowest BCUT2D eigenvalue weighted by Gasteiger charge is -2.11. The summed E-state index contributed by atoms with van der Waals surface area (Å²) in [7, 11) is -1.35. The van der Waals surface area contributed by atoms with E-state index in [0.29, 0.717) is 18.3 Å². The Labute approximate surface area is 135 Å². The summed E-state index contributed by atoms with van der Waals surface area (Å²) in [5.41, 5.74) is 0.947. The number of rotatable bonds is 5. The van der Waals surface area contributed by atoms with Crippen molar-refractivity contribution < 1.29 is 13.6 Å². The number of fused-ring (bicyclic) bond motifs is 1. The van der Waals surface area contributed by atoms with Crippen molar-refractivity contribution >= 4 is 31.6 Å². The Balaban J connectivity index is 1.34. The molecule has 0 saturated heterocycles. The zero-order valence-electron chi connectivity index (χ0n) is 11.7. The predicted molar refractivity (Wildman–Crippen MR) is 91.2 cm³/mol. The van der Waals surface area contributed by atoms with Gasteiger partial charge in [0, 0.05) is 12.2 Å². The lowest BCUT2D eigenvalue weighted by Crippen LogP contribution is -2.31. The van der Waals surface area contributed by atoms with Gasteiger partial charge in [0.25, 0.3) is 0 Å². The second-order valence-electron chi connectivity index (χ2n) is 4.43. The highest BCUT2D eigenvalue weighted by Gasteiger charge is 2.27. The topological polar surface area (TPSA) is 51.8 Å². The van der Waals surface area contributed by atoms with E-state index < -0.39 is 8.60 Å². The van der Waals surface area contributed by atoms with E-state index in [9.17, 15) is 0 Å². The molecule has 0 bridgehead atoms. The molecule has 1 heterocycles. The standard InChI is InChI=1S/C15H15N2O3PS/c22-15(17-12-6-2-1-3-7-12)16-10-11-18-21-19-13-8-4-5-9-14(13)20-21/h1-9H,10-11H2,(H2,16,17,22). The second kappa shape index (κ2) is 7.40. The molecule has 114 valence electrons. The molecular weight excluding hydrogens is 319 g/mol. The Bertz CT molecular complexity index is 617. The maximum Gasteiger partial charge on any atom is 0.463 e. The van der Waals surface area contributed by atoms with Gasteiger partial charge in [0.2, 0.25) is 0 Å². The normalized spacial score (nSPS) is 12.9. The van der Waals surface area contributed by atoms with Crippen LogP contribution in [0.3, 0.4) is 0 Å². The molecule has 1 aliphatic rings. The van der Waals surface area contributed by atoms with E-state index in [0.717, 1.165) is 17.2 Å². The Morgan fingerprint density at radius 2 is 1.64 bits per heavy atom. The molecule has 0 unspecified atom stereocenters. The van der Waals surface area contributed by atoms with Crippen molar-refractivity contribution in [2.24, 2.45) is 0 Å². The van der Waals surface area contributed by atoms with E-state index in [1.54, 1.807) is 0 Å². The van der Waals surface area contributed by atoms with Crippen molar-refractivity contribution in [2.75, 3.05) is 18.5 Å². The molecule has 0 spiro atoms. The van der Waals surface area contributed by atoms with Crippen molar-refractivity contribution in [1.82, 2.24) is 5.32 Å². The number of para-hydroxylation sites is 3. The van der Waals surface area contributed by atoms with Crippen LogP contribution in [0, 0.1) is 0 Å². The van der Waals surface area contributed by atoms with Crippen LogP contribution in [0.1, 0.15) is 0 Å². The average Bonchev–Trinajstić information content (AvgIpc) is 2.95.